The van der Waals surface area contributed by atoms with E-state index in [4.69, 9.17) is 4.74 Å². The lowest BCUT2D eigenvalue weighted by atomic mass is 9.89. The van der Waals surface area contributed by atoms with Gasteiger partial charge in [-0.1, -0.05) is 24.3 Å². The van der Waals surface area contributed by atoms with Gasteiger partial charge in [0.2, 0.25) is 0 Å². The van der Waals surface area contributed by atoms with E-state index in [0.29, 0.717) is 5.75 Å². The van der Waals surface area contributed by atoms with Gasteiger partial charge in [-0.25, -0.2) is 0 Å². The Morgan fingerprint density at radius 3 is 2.94 bits per heavy atom. The Kier molecular flexibility index (Phi) is 2.52. The highest BCUT2D eigenvalue weighted by molar-refractivity contribution is 6.11. The molecule has 0 N–H and O–H groups in total. The number of Topliss-reactive ketones (excluding diaryl/α,β-unsaturated/α-hetero) is 1. The molecule has 1 aromatic carbocycles. The van der Waals surface area contributed by atoms with E-state index in [1.165, 1.54) is 0 Å². The molecular weight excluding hydrogens is 226 g/mol. The van der Waals surface area contributed by atoms with Crippen LogP contribution in [0.5, 0.6) is 5.75 Å². The number of fused-ring (bicyclic) bond motifs is 1. The van der Waals surface area contributed by atoms with Gasteiger partial charge in [0.15, 0.2) is 5.78 Å². The summed E-state index contributed by atoms with van der Waals surface area (Å²) >= 11 is 0. The van der Waals surface area contributed by atoms with E-state index in [1.807, 2.05) is 25.2 Å². The molecule has 3 rings (SSSR count). The summed E-state index contributed by atoms with van der Waals surface area (Å²) in [4.78, 5) is 15.0. The third kappa shape index (κ3) is 1.37. The van der Waals surface area contributed by atoms with E-state index in [-0.39, 0.29) is 5.78 Å². The Labute approximate surface area is 107 Å². The second-order valence-corrected chi connectivity index (χ2v) is 5.04. The minimum absolute atomic E-state index is 0.174. The van der Waals surface area contributed by atoms with Crippen LogP contribution in [0.3, 0.4) is 0 Å². The number of hydrogen-bond acceptors (Lipinski definition) is 3. The molecule has 1 unspecified atom stereocenters. The van der Waals surface area contributed by atoms with Gasteiger partial charge in [-0.05, 0) is 25.1 Å². The number of ketones is 1. The molecule has 0 saturated carbocycles. The molecule has 1 atom stereocenters. The lowest BCUT2D eigenvalue weighted by Gasteiger charge is -2.37. The predicted octanol–water partition coefficient (Wildman–Crippen LogP) is 2.06. The van der Waals surface area contributed by atoms with Gasteiger partial charge < -0.3 is 4.74 Å². The normalized spacial score (nSPS) is 26.7. The second-order valence-electron chi connectivity index (χ2n) is 5.04. The first-order valence-corrected chi connectivity index (χ1v) is 6.28. The van der Waals surface area contributed by atoms with Crippen LogP contribution in [0.15, 0.2) is 30.4 Å². The van der Waals surface area contributed by atoms with E-state index >= 15 is 0 Å². The first-order chi connectivity index (χ1) is 8.69. The van der Waals surface area contributed by atoms with Crippen molar-refractivity contribution in [2.75, 3.05) is 20.7 Å². The van der Waals surface area contributed by atoms with E-state index in [0.717, 1.165) is 30.5 Å². The summed E-state index contributed by atoms with van der Waals surface area (Å²) in [6.45, 7) is 0.929. The number of hydrogen-bond donors (Lipinski definition) is 0. The number of methoxy groups -OCH3 is 1. The van der Waals surface area contributed by atoms with E-state index in [1.54, 1.807) is 7.11 Å². The highest BCUT2D eigenvalue weighted by Crippen LogP contribution is 2.40. The summed E-state index contributed by atoms with van der Waals surface area (Å²) in [7, 11) is 3.65. The quantitative estimate of drug-likeness (QED) is 0.707. The molecule has 0 fully saturated rings. The summed E-state index contributed by atoms with van der Waals surface area (Å²) < 4.78 is 5.33. The Morgan fingerprint density at radius 2 is 2.22 bits per heavy atom. The largest absolute Gasteiger partial charge is 0.496 e. The molecule has 1 aromatic rings. The van der Waals surface area contributed by atoms with Crippen molar-refractivity contribution in [2.24, 2.45) is 0 Å². The standard InChI is InChI=1S/C15H17NO2/c1-16-9-4-3-8-15(16)10-11-6-5-7-12(18-2)13(11)14(15)17/h3,5-8H,4,9-10H2,1-2H3. The van der Waals surface area contributed by atoms with Gasteiger partial charge in [-0.2, -0.15) is 0 Å². The number of likely N-dealkylation sites (N-methyl/N-ethyl adjacent to an activating group) is 1. The van der Waals surface area contributed by atoms with Crippen molar-refractivity contribution >= 4 is 5.78 Å². The molecule has 0 amide bonds. The number of rotatable bonds is 1. The van der Waals surface area contributed by atoms with Crippen LogP contribution in [-0.2, 0) is 6.42 Å². The van der Waals surface area contributed by atoms with E-state index in [9.17, 15) is 4.79 Å². The monoisotopic (exact) mass is 243 g/mol. The van der Waals surface area contributed by atoms with Crippen LogP contribution in [0, 0.1) is 0 Å². The highest BCUT2D eigenvalue weighted by atomic mass is 16.5. The van der Waals surface area contributed by atoms with E-state index < -0.39 is 5.54 Å². The maximum atomic E-state index is 12.8. The fraction of sp³-hybridized carbons (Fsp3) is 0.400. The van der Waals surface area contributed by atoms with Crippen molar-refractivity contribution in [1.29, 1.82) is 0 Å². The van der Waals surface area contributed by atoms with Crippen molar-refractivity contribution < 1.29 is 9.53 Å². The Bertz CT molecular complexity index is 535. The number of benzene rings is 1. The Morgan fingerprint density at radius 1 is 1.39 bits per heavy atom. The first-order valence-electron chi connectivity index (χ1n) is 6.28. The van der Waals surface area contributed by atoms with Gasteiger partial charge in [-0.3, -0.25) is 9.69 Å². The lowest BCUT2D eigenvalue weighted by molar-refractivity contribution is 0.0749. The zero-order valence-electron chi connectivity index (χ0n) is 10.8. The predicted molar refractivity (Wildman–Crippen MR) is 70.1 cm³/mol. The minimum atomic E-state index is -0.477. The van der Waals surface area contributed by atoms with Gasteiger partial charge in [-0.15, -0.1) is 0 Å². The number of carbonyl (C=O) groups is 1. The van der Waals surface area contributed by atoms with Crippen LogP contribution >= 0.6 is 0 Å². The fourth-order valence-corrected chi connectivity index (χ4v) is 3.05. The Hall–Kier alpha value is -1.61. The molecule has 0 aromatic heterocycles. The molecule has 1 aliphatic carbocycles. The second kappa shape index (κ2) is 3.95. The molecule has 1 heterocycles. The SMILES string of the molecule is COc1cccc2c1C(=O)C1(C=CCCN1C)C2. The molecule has 18 heavy (non-hydrogen) atoms. The highest BCUT2D eigenvalue weighted by Gasteiger charge is 2.48. The van der Waals surface area contributed by atoms with Gasteiger partial charge in [0.05, 0.1) is 12.7 Å². The molecule has 3 nitrogen and oxygen atoms in total. The maximum absolute atomic E-state index is 12.8. The lowest BCUT2D eigenvalue weighted by Crippen LogP contribution is -2.51. The van der Waals surface area contributed by atoms with Gasteiger partial charge in [0.25, 0.3) is 0 Å². The van der Waals surface area contributed by atoms with Crippen molar-refractivity contribution in [2.45, 2.75) is 18.4 Å². The van der Waals surface area contributed by atoms with E-state index in [2.05, 4.69) is 17.1 Å². The van der Waals surface area contributed by atoms with Crippen LogP contribution in [0.4, 0.5) is 0 Å². The van der Waals surface area contributed by atoms with Crippen molar-refractivity contribution in [3.63, 3.8) is 0 Å². The third-order valence-electron chi connectivity index (χ3n) is 4.12. The van der Waals surface area contributed by atoms with Crippen molar-refractivity contribution in [3.8, 4) is 5.75 Å². The van der Waals surface area contributed by atoms with Crippen LogP contribution in [0.1, 0.15) is 22.3 Å². The number of carbonyl (C=O) groups excluding carboxylic acids is 1. The molecule has 3 heteroatoms. The summed E-state index contributed by atoms with van der Waals surface area (Å²) in [5.41, 5.74) is 1.38. The zero-order valence-corrected chi connectivity index (χ0v) is 10.8. The maximum Gasteiger partial charge on any atom is 0.191 e. The van der Waals surface area contributed by atoms with Crippen LogP contribution < -0.4 is 4.74 Å². The molecule has 1 spiro atoms. The Balaban J connectivity index is 2.14. The van der Waals surface area contributed by atoms with Crippen LogP contribution in [0.25, 0.3) is 0 Å². The average Bonchev–Trinajstić information content (AvgIpc) is 2.67. The van der Waals surface area contributed by atoms with Crippen LogP contribution in [0.2, 0.25) is 0 Å². The van der Waals surface area contributed by atoms with Gasteiger partial charge in [0, 0.05) is 13.0 Å². The number of ether oxygens (including phenoxy) is 1. The van der Waals surface area contributed by atoms with Gasteiger partial charge in [0.1, 0.15) is 11.3 Å². The summed E-state index contributed by atoms with van der Waals surface area (Å²) in [6.07, 6.45) is 5.96. The van der Waals surface area contributed by atoms with Crippen molar-refractivity contribution in [3.05, 3.63) is 41.5 Å². The first kappa shape index (κ1) is 11.5. The summed E-state index contributed by atoms with van der Waals surface area (Å²) in [5, 5.41) is 0. The number of nitrogens with zero attached hydrogens (tertiary/aromatic N) is 1. The van der Waals surface area contributed by atoms with Crippen LogP contribution in [-0.4, -0.2) is 36.9 Å². The topological polar surface area (TPSA) is 29.5 Å². The molecule has 2 aliphatic rings. The van der Waals surface area contributed by atoms with Gasteiger partial charge >= 0.3 is 0 Å². The van der Waals surface area contributed by atoms with Crippen molar-refractivity contribution in [1.82, 2.24) is 4.90 Å². The summed E-state index contributed by atoms with van der Waals surface area (Å²) in [5.74, 6) is 0.871. The molecule has 0 radical (unpaired) electrons. The average molecular weight is 243 g/mol. The summed E-state index contributed by atoms with van der Waals surface area (Å²) in [6, 6.07) is 5.85. The molecular formula is C15H17NO2. The third-order valence-corrected chi connectivity index (χ3v) is 4.12. The molecule has 0 saturated heterocycles. The molecule has 1 aliphatic heterocycles. The minimum Gasteiger partial charge on any atom is -0.496 e. The zero-order chi connectivity index (χ0) is 12.8. The smallest absolute Gasteiger partial charge is 0.191 e. The molecule has 0 bridgehead atoms. The fourth-order valence-electron chi connectivity index (χ4n) is 3.05. The molecule has 94 valence electrons.